The van der Waals surface area contributed by atoms with Crippen molar-refractivity contribution >= 4 is 28.1 Å². The number of amides is 1. The SMILES string of the molecule is Cc1ccc(CN(CCc2ccccc2)C(=O)c2ccc3ccccc3n2)s1. The van der Waals surface area contributed by atoms with Crippen LogP contribution in [-0.2, 0) is 13.0 Å². The lowest BCUT2D eigenvalue weighted by Gasteiger charge is -2.22. The van der Waals surface area contributed by atoms with Crippen LogP contribution in [0.15, 0.2) is 78.9 Å². The van der Waals surface area contributed by atoms with Crippen LogP contribution in [0, 0.1) is 6.92 Å². The first-order chi connectivity index (χ1) is 13.7. The Balaban J connectivity index is 1.59. The van der Waals surface area contributed by atoms with E-state index in [0.717, 1.165) is 17.3 Å². The number of fused-ring (bicyclic) bond motifs is 1. The van der Waals surface area contributed by atoms with Crippen LogP contribution < -0.4 is 0 Å². The van der Waals surface area contributed by atoms with Crippen LogP contribution >= 0.6 is 11.3 Å². The second-order valence-corrected chi connectivity index (χ2v) is 8.24. The third-order valence-electron chi connectivity index (χ3n) is 4.76. The van der Waals surface area contributed by atoms with Crippen LogP contribution in [0.2, 0.25) is 0 Å². The van der Waals surface area contributed by atoms with E-state index >= 15 is 0 Å². The molecule has 0 saturated carbocycles. The molecule has 3 nitrogen and oxygen atoms in total. The number of rotatable bonds is 6. The number of nitrogens with zero attached hydrogens (tertiary/aromatic N) is 2. The number of benzene rings is 2. The van der Waals surface area contributed by atoms with Crippen molar-refractivity contribution in [2.75, 3.05) is 6.54 Å². The number of aryl methyl sites for hydroxylation is 1. The summed E-state index contributed by atoms with van der Waals surface area (Å²) in [4.78, 5) is 22.3. The van der Waals surface area contributed by atoms with Gasteiger partial charge in [0.1, 0.15) is 5.69 Å². The van der Waals surface area contributed by atoms with E-state index in [-0.39, 0.29) is 5.91 Å². The van der Waals surface area contributed by atoms with Crippen LogP contribution in [-0.4, -0.2) is 22.3 Å². The Morgan fingerprint density at radius 1 is 0.929 bits per heavy atom. The van der Waals surface area contributed by atoms with Gasteiger partial charge in [0.25, 0.3) is 5.91 Å². The Labute approximate surface area is 169 Å². The Kier molecular flexibility index (Phi) is 5.49. The third-order valence-corrected chi connectivity index (χ3v) is 5.75. The van der Waals surface area contributed by atoms with Gasteiger partial charge in [-0.2, -0.15) is 0 Å². The zero-order valence-electron chi connectivity index (χ0n) is 15.8. The van der Waals surface area contributed by atoms with Gasteiger partial charge in [-0.25, -0.2) is 4.98 Å². The molecule has 4 aromatic rings. The predicted molar refractivity (Wildman–Crippen MR) is 116 cm³/mol. The second kappa shape index (κ2) is 8.36. The molecule has 0 bridgehead atoms. The fourth-order valence-corrected chi connectivity index (χ4v) is 4.17. The molecule has 2 aromatic heterocycles. The highest BCUT2D eigenvalue weighted by atomic mass is 32.1. The van der Waals surface area contributed by atoms with Crippen molar-refractivity contribution in [3.05, 3.63) is 99.9 Å². The molecule has 4 heteroatoms. The summed E-state index contributed by atoms with van der Waals surface area (Å²) in [5.41, 5.74) is 2.58. The highest BCUT2D eigenvalue weighted by Crippen LogP contribution is 2.20. The number of para-hydroxylation sites is 1. The Bertz CT molecular complexity index is 1090. The van der Waals surface area contributed by atoms with Crippen molar-refractivity contribution in [2.45, 2.75) is 19.9 Å². The fourth-order valence-electron chi connectivity index (χ4n) is 3.27. The van der Waals surface area contributed by atoms with Gasteiger partial charge in [0.15, 0.2) is 0 Å². The van der Waals surface area contributed by atoms with Gasteiger partial charge in [0.2, 0.25) is 0 Å². The van der Waals surface area contributed by atoms with E-state index in [2.05, 4.69) is 36.2 Å². The lowest BCUT2D eigenvalue weighted by Crippen LogP contribution is -2.32. The zero-order chi connectivity index (χ0) is 19.3. The van der Waals surface area contributed by atoms with E-state index < -0.39 is 0 Å². The highest BCUT2D eigenvalue weighted by molar-refractivity contribution is 7.11. The minimum atomic E-state index is -0.0206. The molecule has 28 heavy (non-hydrogen) atoms. The summed E-state index contributed by atoms with van der Waals surface area (Å²) in [6.45, 7) is 3.36. The molecule has 0 saturated heterocycles. The molecule has 1 amide bonds. The Morgan fingerprint density at radius 2 is 1.71 bits per heavy atom. The number of hydrogen-bond acceptors (Lipinski definition) is 3. The van der Waals surface area contributed by atoms with Crippen molar-refractivity contribution in [3.8, 4) is 0 Å². The maximum absolute atomic E-state index is 13.3. The summed E-state index contributed by atoms with van der Waals surface area (Å²) in [6, 6.07) is 26.2. The molecule has 0 aliphatic carbocycles. The first-order valence-electron chi connectivity index (χ1n) is 9.43. The maximum atomic E-state index is 13.3. The van der Waals surface area contributed by atoms with Crippen molar-refractivity contribution in [3.63, 3.8) is 0 Å². The lowest BCUT2D eigenvalue weighted by atomic mass is 10.1. The van der Waals surface area contributed by atoms with Crippen molar-refractivity contribution in [1.82, 2.24) is 9.88 Å². The van der Waals surface area contributed by atoms with Crippen molar-refractivity contribution in [2.24, 2.45) is 0 Å². The van der Waals surface area contributed by atoms with E-state index in [1.54, 1.807) is 11.3 Å². The number of carbonyl (C=O) groups is 1. The summed E-state index contributed by atoms with van der Waals surface area (Å²) < 4.78 is 0. The molecule has 4 rings (SSSR count). The molecule has 0 spiro atoms. The highest BCUT2D eigenvalue weighted by Gasteiger charge is 2.18. The van der Waals surface area contributed by atoms with Gasteiger partial charge in [-0.15, -0.1) is 11.3 Å². The van der Waals surface area contributed by atoms with Crippen molar-refractivity contribution in [1.29, 1.82) is 0 Å². The lowest BCUT2D eigenvalue weighted by molar-refractivity contribution is 0.0741. The summed E-state index contributed by atoms with van der Waals surface area (Å²) >= 11 is 1.74. The smallest absolute Gasteiger partial charge is 0.272 e. The molecule has 2 heterocycles. The van der Waals surface area contributed by atoms with Crippen LogP contribution in [0.25, 0.3) is 10.9 Å². The van der Waals surface area contributed by atoms with E-state index in [1.807, 2.05) is 59.5 Å². The van der Waals surface area contributed by atoms with Crippen LogP contribution in [0.1, 0.15) is 25.8 Å². The van der Waals surface area contributed by atoms with E-state index in [1.165, 1.54) is 15.3 Å². The Hall–Kier alpha value is -2.98. The number of carbonyl (C=O) groups excluding carboxylic acids is 1. The molecule has 0 fully saturated rings. The van der Waals surface area contributed by atoms with Gasteiger partial charge in [0.05, 0.1) is 12.1 Å². The van der Waals surface area contributed by atoms with E-state index in [9.17, 15) is 4.79 Å². The number of pyridine rings is 1. The summed E-state index contributed by atoms with van der Waals surface area (Å²) in [6.07, 6.45) is 0.824. The average molecular weight is 387 g/mol. The summed E-state index contributed by atoms with van der Waals surface area (Å²) in [7, 11) is 0. The van der Waals surface area contributed by atoms with Gasteiger partial charge >= 0.3 is 0 Å². The fraction of sp³-hybridized carbons (Fsp3) is 0.167. The molecule has 0 N–H and O–H groups in total. The number of hydrogen-bond donors (Lipinski definition) is 0. The number of aromatic nitrogens is 1. The molecule has 0 atom stereocenters. The van der Waals surface area contributed by atoms with Crippen LogP contribution in [0.5, 0.6) is 0 Å². The first-order valence-corrected chi connectivity index (χ1v) is 10.2. The van der Waals surface area contributed by atoms with Gasteiger partial charge < -0.3 is 4.90 Å². The van der Waals surface area contributed by atoms with E-state index in [0.29, 0.717) is 18.8 Å². The molecule has 0 aliphatic rings. The van der Waals surface area contributed by atoms with Crippen molar-refractivity contribution < 1.29 is 4.79 Å². The average Bonchev–Trinajstić information content (AvgIpc) is 3.15. The molecule has 0 aliphatic heterocycles. The molecule has 0 unspecified atom stereocenters. The summed E-state index contributed by atoms with van der Waals surface area (Å²) in [5, 5.41) is 1.05. The molecule has 140 valence electrons. The Morgan fingerprint density at radius 3 is 2.50 bits per heavy atom. The van der Waals surface area contributed by atoms with Gasteiger partial charge in [0, 0.05) is 21.7 Å². The first kappa shape index (κ1) is 18.4. The molecular formula is C24H22N2OS. The maximum Gasteiger partial charge on any atom is 0.272 e. The normalized spacial score (nSPS) is 10.9. The molecule has 0 radical (unpaired) electrons. The zero-order valence-corrected chi connectivity index (χ0v) is 16.7. The number of thiophene rings is 1. The quantitative estimate of drug-likeness (QED) is 0.439. The molecule has 2 aromatic carbocycles. The van der Waals surface area contributed by atoms with Gasteiger partial charge in [-0.3, -0.25) is 4.79 Å². The second-order valence-electron chi connectivity index (χ2n) is 6.86. The topological polar surface area (TPSA) is 33.2 Å². The molecular weight excluding hydrogens is 364 g/mol. The third kappa shape index (κ3) is 4.29. The minimum absolute atomic E-state index is 0.0206. The largest absolute Gasteiger partial charge is 0.332 e. The standard InChI is InChI=1S/C24H22N2OS/c1-18-11-13-21(28-18)17-26(16-15-19-7-3-2-4-8-19)24(27)23-14-12-20-9-5-6-10-22(20)25-23/h2-14H,15-17H2,1H3. The van der Waals surface area contributed by atoms with E-state index in [4.69, 9.17) is 0 Å². The van der Waals surface area contributed by atoms with Gasteiger partial charge in [-0.1, -0.05) is 54.6 Å². The monoisotopic (exact) mass is 386 g/mol. The van der Waals surface area contributed by atoms with Crippen LogP contribution in [0.4, 0.5) is 0 Å². The minimum Gasteiger partial charge on any atom is -0.332 e. The van der Waals surface area contributed by atoms with Crippen LogP contribution in [0.3, 0.4) is 0 Å². The summed E-state index contributed by atoms with van der Waals surface area (Å²) in [5.74, 6) is -0.0206. The van der Waals surface area contributed by atoms with Gasteiger partial charge in [-0.05, 0) is 43.2 Å². The predicted octanol–water partition coefficient (Wildman–Crippen LogP) is 5.49.